The van der Waals surface area contributed by atoms with Crippen LogP contribution < -0.4 is 4.74 Å². The molecule has 2 nitrogen and oxygen atoms in total. The Morgan fingerprint density at radius 1 is 0.941 bits per heavy atom. The van der Waals surface area contributed by atoms with Gasteiger partial charge in [-0.05, 0) is 18.2 Å². The number of halogens is 2. The molecule has 0 aromatic heterocycles. The summed E-state index contributed by atoms with van der Waals surface area (Å²) in [6.07, 6.45) is 0. The second kappa shape index (κ2) is 4.62. The van der Waals surface area contributed by atoms with Gasteiger partial charge in [-0.15, -0.1) is 0 Å². The SMILES string of the molecule is N#Cc1cccc(Oc2cc(F)cc(F)c2)c1. The van der Waals surface area contributed by atoms with E-state index in [1.165, 1.54) is 6.07 Å². The molecule has 0 fully saturated rings. The molecule has 0 bridgehead atoms. The molecule has 0 radical (unpaired) electrons. The van der Waals surface area contributed by atoms with Gasteiger partial charge in [0.05, 0.1) is 11.6 Å². The van der Waals surface area contributed by atoms with Gasteiger partial charge in [0.2, 0.25) is 0 Å². The zero-order chi connectivity index (χ0) is 12.3. The minimum absolute atomic E-state index is 0.0533. The summed E-state index contributed by atoms with van der Waals surface area (Å²) < 4.78 is 31.1. The predicted octanol–water partition coefficient (Wildman–Crippen LogP) is 3.63. The summed E-state index contributed by atoms with van der Waals surface area (Å²) in [5, 5.41) is 8.69. The minimum Gasteiger partial charge on any atom is -0.457 e. The standard InChI is InChI=1S/C13H7F2NO/c14-10-5-11(15)7-13(6-10)17-12-3-1-2-9(4-12)8-16/h1-7H. The van der Waals surface area contributed by atoms with E-state index in [0.29, 0.717) is 11.3 Å². The lowest BCUT2D eigenvalue weighted by Gasteiger charge is -2.05. The van der Waals surface area contributed by atoms with Crippen LogP contribution in [-0.4, -0.2) is 0 Å². The molecule has 0 N–H and O–H groups in total. The lowest BCUT2D eigenvalue weighted by Crippen LogP contribution is -1.88. The molecule has 4 heteroatoms. The monoisotopic (exact) mass is 231 g/mol. The number of hydrogen-bond acceptors (Lipinski definition) is 2. The van der Waals surface area contributed by atoms with E-state index in [9.17, 15) is 8.78 Å². The Labute approximate surface area is 96.7 Å². The predicted molar refractivity (Wildman–Crippen MR) is 57.6 cm³/mol. The molecule has 2 aromatic carbocycles. The molecule has 17 heavy (non-hydrogen) atoms. The molecule has 0 atom stereocenters. The van der Waals surface area contributed by atoms with Crippen molar-refractivity contribution in [3.8, 4) is 17.6 Å². The van der Waals surface area contributed by atoms with Gasteiger partial charge in [-0.2, -0.15) is 5.26 Å². The summed E-state index contributed by atoms with van der Waals surface area (Å²) in [5.74, 6) is -1.01. The minimum atomic E-state index is -0.712. The molecule has 0 saturated heterocycles. The van der Waals surface area contributed by atoms with Crippen molar-refractivity contribution in [1.29, 1.82) is 5.26 Å². The molecule has 2 rings (SSSR count). The normalized spacial score (nSPS) is 9.71. The molecule has 0 heterocycles. The maximum Gasteiger partial charge on any atom is 0.133 e. The number of ether oxygens (including phenoxy) is 1. The van der Waals surface area contributed by atoms with Crippen LogP contribution in [0.5, 0.6) is 11.5 Å². The molecule has 0 aliphatic heterocycles. The van der Waals surface area contributed by atoms with Crippen molar-refractivity contribution in [2.24, 2.45) is 0 Å². The average molecular weight is 231 g/mol. The number of nitrogens with zero attached hydrogens (tertiary/aromatic N) is 1. The van der Waals surface area contributed by atoms with E-state index < -0.39 is 11.6 Å². The number of nitriles is 1. The van der Waals surface area contributed by atoms with Crippen molar-refractivity contribution in [2.75, 3.05) is 0 Å². The molecular weight excluding hydrogens is 224 g/mol. The first kappa shape index (κ1) is 11.1. The van der Waals surface area contributed by atoms with Crippen LogP contribution in [0, 0.1) is 23.0 Å². The largest absolute Gasteiger partial charge is 0.457 e. The number of benzene rings is 2. The topological polar surface area (TPSA) is 33.0 Å². The fourth-order valence-electron chi connectivity index (χ4n) is 1.35. The Morgan fingerprint density at radius 2 is 1.65 bits per heavy atom. The van der Waals surface area contributed by atoms with E-state index in [-0.39, 0.29) is 5.75 Å². The molecule has 0 aliphatic carbocycles. The number of rotatable bonds is 2. The van der Waals surface area contributed by atoms with Gasteiger partial charge in [0.1, 0.15) is 23.1 Å². The molecular formula is C13H7F2NO. The smallest absolute Gasteiger partial charge is 0.133 e. The third-order valence-electron chi connectivity index (χ3n) is 2.03. The van der Waals surface area contributed by atoms with Crippen molar-refractivity contribution >= 4 is 0 Å². The maximum absolute atomic E-state index is 12.9. The summed E-state index contributed by atoms with van der Waals surface area (Å²) in [5.41, 5.74) is 0.416. The fourth-order valence-corrected chi connectivity index (χ4v) is 1.35. The van der Waals surface area contributed by atoms with Crippen LogP contribution >= 0.6 is 0 Å². The molecule has 0 spiro atoms. The highest BCUT2D eigenvalue weighted by atomic mass is 19.1. The van der Waals surface area contributed by atoms with E-state index in [1.54, 1.807) is 18.2 Å². The van der Waals surface area contributed by atoms with Crippen molar-refractivity contribution in [3.05, 3.63) is 59.7 Å². The molecule has 0 aliphatic rings. The first-order chi connectivity index (χ1) is 8.17. The lowest BCUT2D eigenvalue weighted by molar-refractivity contribution is 0.468. The molecule has 0 saturated carbocycles. The highest BCUT2D eigenvalue weighted by Gasteiger charge is 2.03. The highest BCUT2D eigenvalue weighted by molar-refractivity contribution is 5.39. The van der Waals surface area contributed by atoms with Gasteiger partial charge in [0.15, 0.2) is 0 Å². The Morgan fingerprint density at radius 3 is 2.29 bits per heavy atom. The van der Waals surface area contributed by atoms with Gasteiger partial charge in [-0.3, -0.25) is 0 Å². The van der Waals surface area contributed by atoms with Crippen LogP contribution in [0.3, 0.4) is 0 Å². The quantitative estimate of drug-likeness (QED) is 0.790. The van der Waals surface area contributed by atoms with Crippen molar-refractivity contribution in [3.63, 3.8) is 0 Å². The van der Waals surface area contributed by atoms with Gasteiger partial charge in [0.25, 0.3) is 0 Å². The van der Waals surface area contributed by atoms with E-state index in [4.69, 9.17) is 10.00 Å². The Bertz CT molecular complexity index is 570. The summed E-state index contributed by atoms with van der Waals surface area (Å²) in [7, 11) is 0. The third kappa shape index (κ3) is 2.79. The van der Waals surface area contributed by atoms with Crippen molar-refractivity contribution < 1.29 is 13.5 Å². The average Bonchev–Trinajstić information content (AvgIpc) is 2.28. The Kier molecular flexibility index (Phi) is 3.01. The van der Waals surface area contributed by atoms with Crippen LogP contribution in [-0.2, 0) is 0 Å². The molecule has 2 aromatic rings. The zero-order valence-corrected chi connectivity index (χ0v) is 8.65. The van der Waals surface area contributed by atoms with Gasteiger partial charge in [0, 0.05) is 18.2 Å². The van der Waals surface area contributed by atoms with Gasteiger partial charge >= 0.3 is 0 Å². The van der Waals surface area contributed by atoms with E-state index >= 15 is 0 Å². The van der Waals surface area contributed by atoms with Crippen LogP contribution in [0.1, 0.15) is 5.56 Å². The highest BCUT2D eigenvalue weighted by Crippen LogP contribution is 2.23. The number of hydrogen-bond donors (Lipinski definition) is 0. The van der Waals surface area contributed by atoms with Crippen molar-refractivity contribution in [2.45, 2.75) is 0 Å². The summed E-state index contributed by atoms with van der Waals surface area (Å²) >= 11 is 0. The first-order valence-corrected chi connectivity index (χ1v) is 4.81. The second-order valence-corrected chi connectivity index (χ2v) is 3.35. The van der Waals surface area contributed by atoms with Crippen molar-refractivity contribution in [1.82, 2.24) is 0 Å². The van der Waals surface area contributed by atoms with Crippen LogP contribution in [0.15, 0.2) is 42.5 Å². The first-order valence-electron chi connectivity index (χ1n) is 4.81. The molecule has 0 amide bonds. The van der Waals surface area contributed by atoms with E-state index in [0.717, 1.165) is 18.2 Å². The molecule has 84 valence electrons. The maximum atomic E-state index is 12.9. The van der Waals surface area contributed by atoms with Crippen LogP contribution in [0.2, 0.25) is 0 Å². The van der Waals surface area contributed by atoms with Gasteiger partial charge in [-0.1, -0.05) is 6.07 Å². The summed E-state index contributed by atoms with van der Waals surface area (Å²) in [6.45, 7) is 0. The Hall–Kier alpha value is -2.41. The fraction of sp³-hybridized carbons (Fsp3) is 0. The van der Waals surface area contributed by atoms with Gasteiger partial charge < -0.3 is 4.74 Å². The lowest BCUT2D eigenvalue weighted by atomic mass is 10.2. The Balaban J connectivity index is 2.28. The van der Waals surface area contributed by atoms with Crippen LogP contribution in [0.25, 0.3) is 0 Å². The zero-order valence-electron chi connectivity index (χ0n) is 8.65. The second-order valence-electron chi connectivity index (χ2n) is 3.35. The summed E-state index contributed by atoms with van der Waals surface area (Å²) in [6, 6.07) is 11.2. The van der Waals surface area contributed by atoms with Crippen LogP contribution in [0.4, 0.5) is 8.78 Å². The molecule has 0 unspecified atom stereocenters. The van der Waals surface area contributed by atoms with Gasteiger partial charge in [-0.25, -0.2) is 8.78 Å². The third-order valence-corrected chi connectivity index (χ3v) is 2.03. The van der Waals surface area contributed by atoms with E-state index in [1.807, 2.05) is 6.07 Å². The summed E-state index contributed by atoms with van der Waals surface area (Å²) in [4.78, 5) is 0. The van der Waals surface area contributed by atoms with E-state index in [2.05, 4.69) is 0 Å².